The molecule has 1 aromatic carbocycles. The zero-order chi connectivity index (χ0) is 25.0. The van der Waals surface area contributed by atoms with Crippen molar-refractivity contribution < 1.29 is 22.6 Å². The van der Waals surface area contributed by atoms with Gasteiger partial charge >= 0.3 is 0 Å². The fourth-order valence-corrected chi connectivity index (χ4v) is 6.31. The van der Waals surface area contributed by atoms with Crippen molar-refractivity contribution in [2.45, 2.75) is 36.6 Å². The quantitative estimate of drug-likeness (QED) is 0.559. The average Bonchev–Trinajstić information content (AvgIpc) is 2.89. The second-order valence-corrected chi connectivity index (χ2v) is 11.0. The van der Waals surface area contributed by atoms with Crippen LogP contribution in [-0.2, 0) is 14.8 Å². The Morgan fingerprint density at radius 1 is 1.20 bits per heavy atom. The Kier molecular flexibility index (Phi) is 8.20. The van der Waals surface area contributed by atoms with E-state index in [1.165, 1.54) is 29.3 Å². The summed E-state index contributed by atoms with van der Waals surface area (Å²) >= 11 is 6.38. The molecule has 35 heavy (non-hydrogen) atoms. The first-order valence-corrected chi connectivity index (χ1v) is 13.5. The molecule has 3 heterocycles. The van der Waals surface area contributed by atoms with E-state index in [2.05, 4.69) is 10.4 Å². The highest BCUT2D eigenvalue weighted by Gasteiger charge is 2.33. The predicted octanol–water partition coefficient (Wildman–Crippen LogP) is 2.78. The molecule has 192 valence electrons. The number of piperidine rings is 1. The van der Waals surface area contributed by atoms with Gasteiger partial charge in [-0.15, -0.1) is 0 Å². The largest absolute Gasteiger partial charge is 0.497 e. The van der Waals surface area contributed by atoms with Crippen LogP contribution in [0.3, 0.4) is 0 Å². The summed E-state index contributed by atoms with van der Waals surface area (Å²) in [5, 5.41) is 7.66. The van der Waals surface area contributed by atoms with Gasteiger partial charge in [-0.3, -0.25) is 4.79 Å². The smallest absolute Gasteiger partial charge is 0.287 e. The van der Waals surface area contributed by atoms with Gasteiger partial charge < -0.3 is 19.5 Å². The van der Waals surface area contributed by atoms with Gasteiger partial charge in [0.1, 0.15) is 21.4 Å². The number of hydrogen-bond donors (Lipinski definition) is 1. The van der Waals surface area contributed by atoms with Gasteiger partial charge in [0.25, 0.3) is 5.56 Å². The number of methoxy groups -OCH3 is 2. The zero-order valence-electron chi connectivity index (χ0n) is 19.9. The van der Waals surface area contributed by atoms with Crippen molar-refractivity contribution in [2.75, 3.05) is 52.4 Å². The first kappa shape index (κ1) is 25.7. The van der Waals surface area contributed by atoms with E-state index in [4.69, 9.17) is 25.8 Å². The average molecular weight is 527 g/mol. The van der Waals surface area contributed by atoms with Crippen molar-refractivity contribution >= 4 is 27.3 Å². The van der Waals surface area contributed by atoms with Crippen LogP contribution in [0, 0.1) is 5.92 Å². The van der Waals surface area contributed by atoms with E-state index in [-0.39, 0.29) is 40.4 Å². The lowest BCUT2D eigenvalue weighted by Gasteiger charge is -2.32. The molecular weight excluding hydrogens is 496 g/mol. The Bertz CT molecular complexity index is 1190. The summed E-state index contributed by atoms with van der Waals surface area (Å²) < 4.78 is 45.2. The van der Waals surface area contributed by atoms with Crippen LogP contribution in [0.5, 0.6) is 11.5 Å². The molecule has 0 saturated carbocycles. The molecule has 12 heteroatoms. The third-order valence-electron chi connectivity index (χ3n) is 6.54. The van der Waals surface area contributed by atoms with Crippen molar-refractivity contribution in [3.63, 3.8) is 0 Å². The van der Waals surface area contributed by atoms with E-state index in [9.17, 15) is 13.2 Å². The number of benzene rings is 1. The molecule has 0 unspecified atom stereocenters. The van der Waals surface area contributed by atoms with Gasteiger partial charge in [0.2, 0.25) is 10.0 Å². The van der Waals surface area contributed by atoms with Gasteiger partial charge in [0, 0.05) is 32.3 Å². The third-order valence-corrected chi connectivity index (χ3v) is 8.84. The fourth-order valence-electron chi connectivity index (χ4n) is 4.51. The van der Waals surface area contributed by atoms with Gasteiger partial charge in [-0.05, 0) is 43.7 Å². The number of anilines is 1. The first-order valence-electron chi connectivity index (χ1n) is 11.7. The Morgan fingerprint density at radius 3 is 2.63 bits per heavy atom. The Labute approximate surface area is 210 Å². The summed E-state index contributed by atoms with van der Waals surface area (Å²) in [6.45, 7) is 2.64. The van der Waals surface area contributed by atoms with Gasteiger partial charge in [0.15, 0.2) is 0 Å². The third kappa shape index (κ3) is 5.58. The molecular formula is C23H31ClN4O6S. The predicted molar refractivity (Wildman–Crippen MR) is 132 cm³/mol. The van der Waals surface area contributed by atoms with Crippen LogP contribution in [-0.4, -0.2) is 69.6 Å². The van der Waals surface area contributed by atoms with Crippen LogP contribution in [0.15, 0.2) is 34.1 Å². The normalized spacial score (nSPS) is 19.9. The Balaban J connectivity index is 1.43. The van der Waals surface area contributed by atoms with Crippen LogP contribution in [0.1, 0.15) is 31.7 Å². The molecule has 4 rings (SSSR count). The number of rotatable bonds is 8. The summed E-state index contributed by atoms with van der Waals surface area (Å²) in [4.78, 5) is 13.0. The zero-order valence-corrected chi connectivity index (χ0v) is 21.5. The molecule has 2 aromatic rings. The highest BCUT2D eigenvalue weighted by atomic mass is 35.5. The molecule has 0 bridgehead atoms. The summed E-state index contributed by atoms with van der Waals surface area (Å²) in [5.74, 6) is 1.10. The van der Waals surface area contributed by atoms with Crippen molar-refractivity contribution in [1.29, 1.82) is 0 Å². The Morgan fingerprint density at radius 2 is 1.97 bits per heavy atom. The topological polar surface area (TPSA) is 112 Å². The molecule has 2 saturated heterocycles. The number of nitrogens with zero attached hydrogens (tertiary/aromatic N) is 3. The summed E-state index contributed by atoms with van der Waals surface area (Å²) in [5.41, 5.74) is 0.125. The molecule has 0 aliphatic carbocycles. The highest BCUT2D eigenvalue weighted by molar-refractivity contribution is 7.89. The maximum Gasteiger partial charge on any atom is 0.287 e. The van der Waals surface area contributed by atoms with Crippen molar-refractivity contribution in [3.05, 3.63) is 39.8 Å². The number of hydrogen-bond acceptors (Lipinski definition) is 8. The van der Waals surface area contributed by atoms with Crippen molar-refractivity contribution in [2.24, 2.45) is 5.92 Å². The monoisotopic (exact) mass is 526 g/mol. The second-order valence-electron chi connectivity index (χ2n) is 8.74. The maximum absolute atomic E-state index is 13.3. The van der Waals surface area contributed by atoms with Crippen LogP contribution >= 0.6 is 11.6 Å². The molecule has 1 aromatic heterocycles. The van der Waals surface area contributed by atoms with E-state index in [0.29, 0.717) is 43.3 Å². The van der Waals surface area contributed by atoms with Crippen molar-refractivity contribution in [1.82, 2.24) is 14.1 Å². The number of nitrogens with one attached hydrogen (secondary N) is 1. The first-order chi connectivity index (χ1) is 16.8. The summed E-state index contributed by atoms with van der Waals surface area (Å²) in [6.07, 6.45) is 4.54. The molecule has 2 fully saturated rings. The van der Waals surface area contributed by atoms with Crippen LogP contribution < -0.4 is 20.3 Å². The van der Waals surface area contributed by atoms with Gasteiger partial charge in [-0.25, -0.2) is 13.1 Å². The molecule has 1 atom stereocenters. The van der Waals surface area contributed by atoms with E-state index < -0.39 is 10.0 Å². The van der Waals surface area contributed by atoms with Gasteiger partial charge in [-0.2, -0.15) is 9.40 Å². The van der Waals surface area contributed by atoms with Crippen LogP contribution in [0.4, 0.5) is 5.69 Å². The Hall–Kier alpha value is -2.34. The molecule has 0 amide bonds. The molecule has 1 N–H and O–H groups in total. The van der Waals surface area contributed by atoms with Gasteiger partial charge in [0.05, 0.1) is 38.8 Å². The lowest BCUT2D eigenvalue weighted by molar-refractivity contribution is 0.0595. The maximum atomic E-state index is 13.3. The second kappa shape index (κ2) is 11.2. The summed E-state index contributed by atoms with van der Waals surface area (Å²) in [6, 6.07) is 4.37. The van der Waals surface area contributed by atoms with E-state index in [1.54, 1.807) is 18.3 Å². The SMILES string of the molecule is COc1ccc(S(=O)(=O)N2CCC(n3ncc(NC[C@H]4CCCOC4)c(Cl)c3=O)CC2)c(OC)c1. The number of halogens is 1. The molecule has 0 spiro atoms. The standard InChI is InChI=1S/C23H31ClN4O6S/c1-32-18-5-6-21(20(12-18)33-2)35(30,31)27-9-7-17(8-10-27)28-23(29)22(24)19(14-26-28)25-13-16-4-3-11-34-15-16/h5-6,12,14,16-17,25H,3-4,7-11,13,15H2,1-2H3/t16-/m1/s1. The minimum Gasteiger partial charge on any atom is -0.497 e. The van der Waals surface area contributed by atoms with E-state index in [0.717, 1.165) is 19.4 Å². The minimum absolute atomic E-state index is 0.0800. The highest BCUT2D eigenvalue weighted by Crippen LogP contribution is 2.33. The van der Waals surface area contributed by atoms with Crippen LogP contribution in [0.2, 0.25) is 5.02 Å². The molecule has 0 radical (unpaired) electrons. The van der Waals surface area contributed by atoms with Crippen LogP contribution in [0.25, 0.3) is 0 Å². The lowest BCUT2D eigenvalue weighted by atomic mass is 10.0. The number of ether oxygens (including phenoxy) is 3. The fraction of sp³-hybridized carbons (Fsp3) is 0.565. The van der Waals surface area contributed by atoms with Gasteiger partial charge in [-0.1, -0.05) is 11.6 Å². The minimum atomic E-state index is -3.78. The lowest BCUT2D eigenvalue weighted by Crippen LogP contribution is -2.41. The van der Waals surface area contributed by atoms with Crippen molar-refractivity contribution in [3.8, 4) is 11.5 Å². The number of sulfonamides is 1. The molecule has 2 aliphatic rings. The number of aromatic nitrogens is 2. The summed E-state index contributed by atoms with van der Waals surface area (Å²) in [7, 11) is -0.856. The molecule has 2 aliphatic heterocycles. The molecule has 10 nitrogen and oxygen atoms in total. The van der Waals surface area contributed by atoms with E-state index >= 15 is 0 Å². The van der Waals surface area contributed by atoms with E-state index in [1.807, 2.05) is 0 Å².